The standard InChI is InChI=1S/C17H19N5O2.C9H9NO2/c1-11-14-4-3-13(9-15(14)21(2)19-11)16-18-17(24-20-16)12-5-7-22(10-23)8-6-12;11-9-10(6-7-12-9)8-4-2-1-3-5-8/h3-4,9-10,12H,5-8H2,1-2H3;1-5H,6-7H2. The van der Waals surface area contributed by atoms with Crippen LogP contribution in [0.25, 0.3) is 22.3 Å². The van der Waals surface area contributed by atoms with Gasteiger partial charge in [-0.3, -0.25) is 14.4 Å². The summed E-state index contributed by atoms with van der Waals surface area (Å²) in [5, 5.41) is 9.71. The largest absolute Gasteiger partial charge is 0.447 e. The second-order valence-electron chi connectivity index (χ2n) is 8.91. The molecule has 0 saturated carbocycles. The molecule has 0 spiro atoms. The third kappa shape index (κ3) is 4.79. The van der Waals surface area contributed by atoms with Crippen LogP contribution in [0.3, 0.4) is 0 Å². The van der Waals surface area contributed by atoms with E-state index in [1.165, 1.54) is 0 Å². The van der Waals surface area contributed by atoms with Crippen molar-refractivity contribution >= 4 is 29.1 Å². The number of para-hydroxylation sites is 1. The van der Waals surface area contributed by atoms with Crippen LogP contribution in [-0.4, -0.2) is 63.6 Å². The van der Waals surface area contributed by atoms with E-state index in [0.29, 0.717) is 24.9 Å². The number of amides is 2. The molecule has 0 radical (unpaired) electrons. The van der Waals surface area contributed by atoms with Crippen LogP contribution in [0.2, 0.25) is 0 Å². The zero-order chi connectivity index (χ0) is 25.1. The van der Waals surface area contributed by atoms with E-state index in [1.807, 2.05) is 67.2 Å². The van der Waals surface area contributed by atoms with Crippen molar-refractivity contribution in [1.82, 2.24) is 24.8 Å². The fourth-order valence-corrected chi connectivity index (χ4v) is 4.58. The minimum atomic E-state index is -0.249. The van der Waals surface area contributed by atoms with Gasteiger partial charge in [-0.1, -0.05) is 35.5 Å². The van der Waals surface area contributed by atoms with E-state index >= 15 is 0 Å². The molecule has 0 N–H and O–H groups in total. The summed E-state index contributed by atoms with van der Waals surface area (Å²) in [6.45, 7) is 4.63. The van der Waals surface area contributed by atoms with Gasteiger partial charge in [-0.2, -0.15) is 10.1 Å². The highest BCUT2D eigenvalue weighted by molar-refractivity contribution is 5.89. The molecule has 0 unspecified atom stereocenters. The first-order valence-electron chi connectivity index (χ1n) is 12.0. The number of fused-ring (bicyclic) bond motifs is 1. The lowest BCUT2D eigenvalue weighted by Crippen LogP contribution is -2.31. The number of likely N-dealkylation sites (tertiary alicyclic amines) is 1. The SMILES string of the molecule is Cc1nn(C)c2cc(-c3noc(C4CCN(C=O)CC4)n3)ccc12.O=C1OCCN1c1ccccc1. The van der Waals surface area contributed by atoms with Gasteiger partial charge in [-0.05, 0) is 38.0 Å². The van der Waals surface area contributed by atoms with Crippen molar-refractivity contribution in [3.63, 3.8) is 0 Å². The molecule has 2 amide bonds. The smallest absolute Gasteiger partial charge is 0.414 e. The summed E-state index contributed by atoms with van der Waals surface area (Å²) in [7, 11) is 1.93. The maximum atomic E-state index is 11.1. The van der Waals surface area contributed by atoms with Crippen LogP contribution in [0, 0.1) is 6.92 Å². The second kappa shape index (κ2) is 10.2. The number of cyclic esters (lactones) is 1. The minimum Gasteiger partial charge on any atom is -0.447 e. The average Bonchev–Trinajstić information content (AvgIpc) is 3.64. The highest BCUT2D eigenvalue weighted by Crippen LogP contribution is 2.29. The van der Waals surface area contributed by atoms with Crippen LogP contribution in [0.4, 0.5) is 10.5 Å². The molecule has 0 aliphatic carbocycles. The molecule has 36 heavy (non-hydrogen) atoms. The van der Waals surface area contributed by atoms with Gasteiger partial charge in [0.05, 0.1) is 17.8 Å². The molecule has 2 aromatic heterocycles. The Bertz CT molecular complexity index is 1360. The predicted molar refractivity (Wildman–Crippen MR) is 133 cm³/mol. The van der Waals surface area contributed by atoms with E-state index in [1.54, 1.807) is 9.80 Å². The van der Waals surface area contributed by atoms with Gasteiger partial charge < -0.3 is 14.2 Å². The van der Waals surface area contributed by atoms with Crippen molar-refractivity contribution < 1.29 is 18.8 Å². The van der Waals surface area contributed by atoms with Crippen LogP contribution in [0.1, 0.15) is 30.3 Å². The number of benzene rings is 2. The predicted octanol–water partition coefficient (Wildman–Crippen LogP) is 3.91. The summed E-state index contributed by atoms with van der Waals surface area (Å²) >= 11 is 0. The topological polar surface area (TPSA) is 107 Å². The lowest BCUT2D eigenvalue weighted by molar-refractivity contribution is -0.119. The maximum Gasteiger partial charge on any atom is 0.414 e. The molecular formula is C26H28N6O4. The Hall–Kier alpha value is -4.21. The van der Waals surface area contributed by atoms with Crippen molar-refractivity contribution in [2.75, 3.05) is 31.1 Å². The Morgan fingerprint density at radius 1 is 1.06 bits per heavy atom. The highest BCUT2D eigenvalue weighted by atomic mass is 16.6. The lowest BCUT2D eigenvalue weighted by atomic mass is 9.97. The lowest BCUT2D eigenvalue weighted by Gasteiger charge is -2.26. The van der Waals surface area contributed by atoms with Crippen molar-refractivity contribution in [1.29, 1.82) is 0 Å². The van der Waals surface area contributed by atoms with E-state index < -0.39 is 0 Å². The van der Waals surface area contributed by atoms with Gasteiger partial charge in [0.2, 0.25) is 18.1 Å². The van der Waals surface area contributed by atoms with E-state index in [2.05, 4.69) is 15.2 Å². The van der Waals surface area contributed by atoms with Crippen LogP contribution < -0.4 is 4.90 Å². The molecule has 4 aromatic rings. The first-order valence-corrected chi connectivity index (χ1v) is 12.0. The van der Waals surface area contributed by atoms with Crippen LogP contribution in [0.5, 0.6) is 0 Å². The third-order valence-electron chi connectivity index (χ3n) is 6.59. The van der Waals surface area contributed by atoms with Gasteiger partial charge in [0.25, 0.3) is 0 Å². The Morgan fingerprint density at radius 3 is 2.53 bits per heavy atom. The number of anilines is 1. The molecular weight excluding hydrogens is 460 g/mol. The van der Waals surface area contributed by atoms with Gasteiger partial charge in [-0.15, -0.1) is 0 Å². The van der Waals surface area contributed by atoms with E-state index in [4.69, 9.17) is 9.26 Å². The summed E-state index contributed by atoms with van der Waals surface area (Å²) in [6, 6.07) is 15.6. The van der Waals surface area contributed by atoms with Gasteiger partial charge in [0.1, 0.15) is 6.61 Å². The summed E-state index contributed by atoms with van der Waals surface area (Å²) < 4.78 is 12.2. The molecule has 186 valence electrons. The Labute approximate surface area is 208 Å². The number of piperidine rings is 1. The molecule has 2 aliphatic heterocycles. The molecule has 10 nitrogen and oxygen atoms in total. The Balaban J connectivity index is 0.000000186. The number of aryl methyl sites for hydroxylation is 2. The zero-order valence-electron chi connectivity index (χ0n) is 20.3. The summed E-state index contributed by atoms with van der Waals surface area (Å²) in [5.74, 6) is 1.49. The van der Waals surface area contributed by atoms with Crippen molar-refractivity contribution in [2.45, 2.75) is 25.7 Å². The van der Waals surface area contributed by atoms with E-state index in [-0.39, 0.29) is 12.0 Å². The Morgan fingerprint density at radius 2 is 1.83 bits per heavy atom. The molecule has 6 rings (SSSR count). The van der Waals surface area contributed by atoms with E-state index in [9.17, 15) is 9.59 Å². The quantitative estimate of drug-likeness (QED) is 0.401. The zero-order valence-corrected chi connectivity index (χ0v) is 20.3. The second-order valence-corrected chi connectivity index (χ2v) is 8.91. The molecule has 2 aromatic carbocycles. The summed E-state index contributed by atoms with van der Waals surface area (Å²) in [4.78, 5) is 29.9. The van der Waals surface area contributed by atoms with Gasteiger partial charge in [0.15, 0.2) is 0 Å². The van der Waals surface area contributed by atoms with Crippen molar-refractivity contribution in [3.05, 3.63) is 60.1 Å². The van der Waals surface area contributed by atoms with Crippen molar-refractivity contribution in [2.24, 2.45) is 7.05 Å². The fraction of sp³-hybridized carbons (Fsp3) is 0.346. The van der Waals surface area contributed by atoms with Gasteiger partial charge >= 0.3 is 6.09 Å². The molecule has 4 heterocycles. The van der Waals surface area contributed by atoms with Gasteiger partial charge in [0, 0.05) is 42.7 Å². The number of nitrogens with zero attached hydrogens (tertiary/aromatic N) is 6. The van der Waals surface area contributed by atoms with Crippen molar-refractivity contribution in [3.8, 4) is 11.4 Å². The van der Waals surface area contributed by atoms with Crippen LogP contribution in [0.15, 0.2) is 53.1 Å². The average molecular weight is 489 g/mol. The van der Waals surface area contributed by atoms with E-state index in [0.717, 1.165) is 60.2 Å². The maximum absolute atomic E-state index is 11.1. The Kier molecular flexibility index (Phi) is 6.66. The number of carbonyl (C=O) groups excluding carboxylic acids is 2. The fourth-order valence-electron chi connectivity index (χ4n) is 4.58. The normalized spacial score (nSPS) is 16.1. The number of hydrogen-bond donors (Lipinski definition) is 0. The third-order valence-corrected chi connectivity index (χ3v) is 6.59. The summed E-state index contributed by atoms with van der Waals surface area (Å²) in [5.41, 5.74) is 3.89. The van der Waals surface area contributed by atoms with Crippen LogP contribution in [-0.2, 0) is 16.6 Å². The molecule has 0 atom stereocenters. The molecule has 10 heteroatoms. The van der Waals surface area contributed by atoms with Gasteiger partial charge in [-0.25, -0.2) is 4.79 Å². The first-order chi connectivity index (χ1) is 17.5. The highest BCUT2D eigenvalue weighted by Gasteiger charge is 2.25. The van der Waals surface area contributed by atoms with Crippen LogP contribution >= 0.6 is 0 Å². The molecule has 2 saturated heterocycles. The molecule has 2 aliphatic rings. The number of ether oxygens (including phenoxy) is 1. The minimum absolute atomic E-state index is 0.227. The monoisotopic (exact) mass is 488 g/mol. The number of hydrogen-bond acceptors (Lipinski definition) is 7. The summed E-state index contributed by atoms with van der Waals surface area (Å²) in [6.07, 6.45) is 2.38. The molecule has 2 fully saturated rings. The number of carbonyl (C=O) groups is 2. The number of aromatic nitrogens is 4. The number of rotatable bonds is 4. The molecule has 0 bridgehead atoms. The first kappa shape index (κ1) is 23.5.